The Labute approximate surface area is 155 Å². The van der Waals surface area contributed by atoms with E-state index in [9.17, 15) is 24.5 Å². The predicted molar refractivity (Wildman–Crippen MR) is 94.0 cm³/mol. The molecule has 2 aliphatic rings. The van der Waals surface area contributed by atoms with Crippen LogP contribution in [0.1, 0.15) is 36.5 Å². The summed E-state index contributed by atoms with van der Waals surface area (Å²) in [6.07, 6.45) is 1.98. The van der Waals surface area contributed by atoms with Crippen molar-refractivity contribution in [3.8, 4) is 0 Å². The van der Waals surface area contributed by atoms with E-state index in [4.69, 9.17) is 5.11 Å². The molecule has 2 amide bonds. The summed E-state index contributed by atoms with van der Waals surface area (Å²) in [6, 6.07) is 4.54. The van der Waals surface area contributed by atoms with Crippen LogP contribution < -0.4 is 5.32 Å². The van der Waals surface area contributed by atoms with Gasteiger partial charge in [-0.15, -0.1) is 0 Å². The maximum absolute atomic E-state index is 12.6. The van der Waals surface area contributed by atoms with Crippen molar-refractivity contribution in [3.63, 3.8) is 0 Å². The van der Waals surface area contributed by atoms with Crippen LogP contribution in [0.5, 0.6) is 0 Å². The van der Waals surface area contributed by atoms with E-state index in [1.165, 1.54) is 18.2 Å². The number of nitrogens with zero attached hydrogens (tertiary/aromatic N) is 2. The van der Waals surface area contributed by atoms with Gasteiger partial charge in [-0.3, -0.25) is 24.5 Å². The molecule has 3 rings (SSSR count). The Kier molecular flexibility index (Phi) is 4.86. The molecule has 2 atom stereocenters. The summed E-state index contributed by atoms with van der Waals surface area (Å²) in [6.45, 7) is 2.51. The third kappa shape index (κ3) is 3.76. The van der Waals surface area contributed by atoms with Crippen LogP contribution in [0, 0.1) is 21.4 Å². The number of carbonyl (C=O) groups excluding carboxylic acids is 2. The molecule has 0 radical (unpaired) electrons. The Morgan fingerprint density at radius 3 is 2.56 bits per heavy atom. The molecule has 144 valence electrons. The van der Waals surface area contributed by atoms with Gasteiger partial charge in [0.05, 0.1) is 10.8 Å². The van der Waals surface area contributed by atoms with Crippen molar-refractivity contribution in [2.75, 3.05) is 13.1 Å². The lowest BCUT2D eigenvalue weighted by molar-refractivity contribution is -0.384. The molecule has 1 spiro atoms. The zero-order chi connectivity index (χ0) is 19.8. The lowest BCUT2D eigenvalue weighted by Crippen LogP contribution is -2.49. The zero-order valence-corrected chi connectivity index (χ0v) is 14.9. The number of hydrogen-bond acceptors (Lipinski definition) is 5. The maximum Gasteiger partial charge on any atom is 0.307 e. The van der Waals surface area contributed by atoms with Crippen molar-refractivity contribution >= 4 is 23.5 Å². The molecule has 1 heterocycles. The molecule has 0 aromatic heterocycles. The molecule has 0 bridgehead atoms. The van der Waals surface area contributed by atoms with Gasteiger partial charge < -0.3 is 15.3 Å². The van der Waals surface area contributed by atoms with Crippen molar-refractivity contribution in [1.82, 2.24) is 10.2 Å². The number of rotatable bonds is 5. The number of aliphatic carboxylic acids is 1. The fraction of sp³-hybridized carbons (Fsp3) is 0.500. The van der Waals surface area contributed by atoms with E-state index in [2.05, 4.69) is 5.32 Å². The number of carboxylic acid groups (broad SMARTS) is 1. The number of nitrogens with one attached hydrogen (secondary N) is 1. The molecule has 2 fully saturated rings. The molecule has 2 N–H and O–H groups in total. The first-order valence-electron chi connectivity index (χ1n) is 8.80. The highest BCUT2D eigenvalue weighted by atomic mass is 16.6. The van der Waals surface area contributed by atoms with Gasteiger partial charge in [0.25, 0.3) is 11.6 Å². The Morgan fingerprint density at radius 2 is 2.00 bits per heavy atom. The van der Waals surface area contributed by atoms with Crippen LogP contribution in [0.3, 0.4) is 0 Å². The summed E-state index contributed by atoms with van der Waals surface area (Å²) in [5.41, 5.74) is -0.248. The number of non-ortho nitro benzene ring substituents is 1. The molecule has 2 unspecified atom stereocenters. The van der Waals surface area contributed by atoms with Crippen LogP contribution in [0.15, 0.2) is 24.3 Å². The minimum absolute atomic E-state index is 0.115. The summed E-state index contributed by atoms with van der Waals surface area (Å²) in [5, 5.41) is 22.5. The average Bonchev–Trinajstić information content (AvgIpc) is 3.35. The highest BCUT2D eigenvalue weighted by molar-refractivity contribution is 5.97. The standard InChI is InChI=1S/C18H21N3O6/c1-11(19-15(22)12-3-2-4-13(9-12)21(26)27)16(23)20-7-5-18(6-8-20)10-14(18)17(24)25/h2-4,9,11,14H,5-8,10H2,1H3,(H,19,22)(H,24,25). The van der Waals surface area contributed by atoms with Crippen molar-refractivity contribution in [2.45, 2.75) is 32.2 Å². The van der Waals surface area contributed by atoms with Crippen LogP contribution in [0.25, 0.3) is 0 Å². The van der Waals surface area contributed by atoms with E-state index >= 15 is 0 Å². The predicted octanol–water partition coefficient (Wildman–Crippen LogP) is 1.43. The van der Waals surface area contributed by atoms with Crippen molar-refractivity contribution in [2.24, 2.45) is 11.3 Å². The molecular formula is C18H21N3O6. The van der Waals surface area contributed by atoms with Gasteiger partial charge in [0.2, 0.25) is 5.91 Å². The zero-order valence-electron chi connectivity index (χ0n) is 14.9. The second-order valence-corrected chi connectivity index (χ2v) is 7.29. The number of nitro groups is 1. The summed E-state index contributed by atoms with van der Waals surface area (Å²) in [7, 11) is 0. The van der Waals surface area contributed by atoms with E-state index in [1.54, 1.807) is 11.8 Å². The smallest absolute Gasteiger partial charge is 0.307 e. The molecule has 9 nitrogen and oxygen atoms in total. The first kappa shape index (κ1) is 18.8. The third-order valence-electron chi connectivity index (χ3n) is 5.60. The van der Waals surface area contributed by atoms with Gasteiger partial charge in [-0.1, -0.05) is 6.07 Å². The highest BCUT2D eigenvalue weighted by Gasteiger charge is 2.59. The second kappa shape index (κ2) is 6.98. The Balaban J connectivity index is 1.55. The first-order chi connectivity index (χ1) is 12.7. The fourth-order valence-corrected chi connectivity index (χ4v) is 3.80. The lowest BCUT2D eigenvalue weighted by Gasteiger charge is -2.34. The van der Waals surface area contributed by atoms with E-state index in [0.29, 0.717) is 32.4 Å². The summed E-state index contributed by atoms with van der Waals surface area (Å²) >= 11 is 0. The number of nitro benzene ring substituents is 1. The van der Waals surface area contributed by atoms with Crippen LogP contribution >= 0.6 is 0 Å². The number of carbonyl (C=O) groups is 3. The molecule has 1 saturated carbocycles. The summed E-state index contributed by atoms with van der Waals surface area (Å²) in [4.78, 5) is 47.8. The SMILES string of the molecule is CC(NC(=O)c1cccc([N+](=O)[O-])c1)C(=O)N1CCC2(CC1)CC2C(=O)O. The topological polar surface area (TPSA) is 130 Å². The van der Waals surface area contributed by atoms with Gasteiger partial charge in [-0.2, -0.15) is 0 Å². The minimum Gasteiger partial charge on any atom is -0.481 e. The van der Waals surface area contributed by atoms with Crippen LogP contribution in [-0.4, -0.2) is 51.8 Å². The molecule has 1 aromatic carbocycles. The average molecular weight is 375 g/mol. The van der Waals surface area contributed by atoms with Crippen LogP contribution in [0.4, 0.5) is 5.69 Å². The van der Waals surface area contributed by atoms with Gasteiger partial charge in [-0.25, -0.2) is 0 Å². The van der Waals surface area contributed by atoms with Gasteiger partial charge in [0, 0.05) is 30.8 Å². The molecule has 1 aromatic rings. The van der Waals surface area contributed by atoms with Crippen LogP contribution in [-0.2, 0) is 9.59 Å². The normalized spacial score (nSPS) is 21.4. The third-order valence-corrected chi connectivity index (χ3v) is 5.60. The first-order valence-corrected chi connectivity index (χ1v) is 8.80. The second-order valence-electron chi connectivity index (χ2n) is 7.29. The van der Waals surface area contributed by atoms with E-state index in [0.717, 1.165) is 6.07 Å². The summed E-state index contributed by atoms with van der Waals surface area (Å²) < 4.78 is 0. The van der Waals surface area contributed by atoms with Gasteiger partial charge in [0.15, 0.2) is 0 Å². The van der Waals surface area contributed by atoms with E-state index in [-0.39, 0.29) is 28.5 Å². The number of piperidine rings is 1. The van der Waals surface area contributed by atoms with Gasteiger partial charge in [-0.05, 0) is 37.7 Å². The Hall–Kier alpha value is -2.97. The van der Waals surface area contributed by atoms with Gasteiger partial charge in [0.1, 0.15) is 6.04 Å². The highest BCUT2D eigenvalue weighted by Crippen LogP contribution is 2.59. The minimum atomic E-state index is -0.778. The Bertz CT molecular complexity index is 800. The molecular weight excluding hydrogens is 354 g/mol. The quantitative estimate of drug-likeness (QED) is 0.591. The van der Waals surface area contributed by atoms with Crippen molar-refractivity contribution in [3.05, 3.63) is 39.9 Å². The fourth-order valence-electron chi connectivity index (χ4n) is 3.80. The van der Waals surface area contributed by atoms with Crippen LogP contribution in [0.2, 0.25) is 0 Å². The molecule has 1 aliphatic heterocycles. The number of carboxylic acids is 1. The Morgan fingerprint density at radius 1 is 1.33 bits per heavy atom. The number of hydrogen-bond donors (Lipinski definition) is 2. The maximum atomic E-state index is 12.6. The molecule has 27 heavy (non-hydrogen) atoms. The molecule has 9 heteroatoms. The largest absolute Gasteiger partial charge is 0.481 e. The van der Waals surface area contributed by atoms with Gasteiger partial charge >= 0.3 is 5.97 Å². The number of amides is 2. The van der Waals surface area contributed by atoms with E-state index in [1.807, 2.05) is 0 Å². The van der Waals surface area contributed by atoms with Crippen molar-refractivity contribution < 1.29 is 24.4 Å². The molecule has 1 saturated heterocycles. The van der Waals surface area contributed by atoms with E-state index < -0.39 is 22.8 Å². The van der Waals surface area contributed by atoms with Crippen molar-refractivity contribution in [1.29, 1.82) is 0 Å². The summed E-state index contributed by atoms with van der Waals surface area (Å²) in [5.74, 6) is -1.87. The number of benzene rings is 1. The monoisotopic (exact) mass is 375 g/mol. The lowest BCUT2D eigenvalue weighted by atomic mass is 9.90. The molecule has 1 aliphatic carbocycles. The number of likely N-dealkylation sites (tertiary alicyclic amines) is 1.